The Kier molecular flexibility index (Phi) is 3.64. The summed E-state index contributed by atoms with van der Waals surface area (Å²) in [6, 6.07) is 0. The standard InChI is InChI=1S/C9H14N4O4S/c14-9(15)7-12-1-3-13(4-2-12)18(16,17)8-5-10-11-6-8/h5-6H,1-4,7H2,(H,10,11)(H,14,15). The van der Waals surface area contributed by atoms with Crippen molar-refractivity contribution in [1.29, 1.82) is 0 Å². The van der Waals surface area contributed by atoms with E-state index >= 15 is 0 Å². The molecule has 1 aliphatic heterocycles. The second-order valence-corrected chi connectivity index (χ2v) is 5.95. The molecule has 2 N–H and O–H groups in total. The highest BCUT2D eigenvalue weighted by Crippen LogP contribution is 2.15. The lowest BCUT2D eigenvalue weighted by atomic mass is 10.3. The molecule has 0 aliphatic carbocycles. The van der Waals surface area contributed by atoms with Crippen LogP contribution in [0.2, 0.25) is 0 Å². The van der Waals surface area contributed by atoms with Gasteiger partial charge in [0, 0.05) is 32.4 Å². The number of hydrogen-bond acceptors (Lipinski definition) is 5. The second-order valence-electron chi connectivity index (χ2n) is 4.01. The van der Waals surface area contributed by atoms with Gasteiger partial charge in [-0.25, -0.2) is 8.42 Å². The molecule has 2 heterocycles. The van der Waals surface area contributed by atoms with Crippen LogP contribution in [-0.2, 0) is 14.8 Å². The van der Waals surface area contributed by atoms with Crippen molar-refractivity contribution in [2.24, 2.45) is 0 Å². The van der Waals surface area contributed by atoms with Crippen LogP contribution in [-0.4, -0.2) is 71.6 Å². The number of rotatable bonds is 4. The molecule has 0 amide bonds. The number of carboxylic acids is 1. The van der Waals surface area contributed by atoms with E-state index in [9.17, 15) is 13.2 Å². The molecule has 1 saturated heterocycles. The number of aliphatic carboxylic acids is 1. The van der Waals surface area contributed by atoms with Crippen LogP contribution in [0.3, 0.4) is 0 Å². The molecule has 100 valence electrons. The largest absolute Gasteiger partial charge is 0.480 e. The predicted molar refractivity (Wildman–Crippen MR) is 61.4 cm³/mol. The van der Waals surface area contributed by atoms with Crippen molar-refractivity contribution in [3.8, 4) is 0 Å². The summed E-state index contributed by atoms with van der Waals surface area (Å²) >= 11 is 0. The lowest BCUT2D eigenvalue weighted by Gasteiger charge is -2.32. The number of nitrogens with one attached hydrogen (secondary N) is 1. The van der Waals surface area contributed by atoms with Gasteiger partial charge in [-0.05, 0) is 0 Å². The summed E-state index contributed by atoms with van der Waals surface area (Å²) in [6.45, 7) is 1.37. The van der Waals surface area contributed by atoms with Gasteiger partial charge in [0.25, 0.3) is 0 Å². The molecule has 1 fully saturated rings. The first kappa shape index (κ1) is 13.0. The molecule has 0 atom stereocenters. The number of H-pyrrole nitrogens is 1. The maximum Gasteiger partial charge on any atom is 0.317 e. The van der Waals surface area contributed by atoms with Crippen molar-refractivity contribution in [3.63, 3.8) is 0 Å². The van der Waals surface area contributed by atoms with E-state index in [1.165, 1.54) is 16.7 Å². The van der Waals surface area contributed by atoms with Crippen molar-refractivity contribution in [3.05, 3.63) is 12.4 Å². The summed E-state index contributed by atoms with van der Waals surface area (Å²) in [6.07, 6.45) is 2.60. The highest BCUT2D eigenvalue weighted by atomic mass is 32.2. The summed E-state index contributed by atoms with van der Waals surface area (Å²) < 4.78 is 25.6. The fraction of sp³-hybridized carbons (Fsp3) is 0.556. The minimum absolute atomic E-state index is 0.0560. The zero-order valence-electron chi connectivity index (χ0n) is 9.61. The number of carbonyl (C=O) groups is 1. The smallest absolute Gasteiger partial charge is 0.317 e. The molecule has 1 aromatic rings. The summed E-state index contributed by atoms with van der Waals surface area (Å²) in [5.74, 6) is -0.902. The molecular formula is C9H14N4O4S. The van der Waals surface area contributed by atoms with Crippen LogP contribution in [0.1, 0.15) is 0 Å². The fourth-order valence-corrected chi connectivity index (χ4v) is 3.18. The summed E-state index contributed by atoms with van der Waals surface area (Å²) in [7, 11) is -3.51. The SMILES string of the molecule is O=C(O)CN1CCN(S(=O)(=O)c2cn[nH]c2)CC1. The molecule has 9 heteroatoms. The highest BCUT2D eigenvalue weighted by molar-refractivity contribution is 7.89. The van der Waals surface area contributed by atoms with Crippen LogP contribution in [0.15, 0.2) is 17.3 Å². The summed E-state index contributed by atoms with van der Waals surface area (Å²) in [5.41, 5.74) is 0. The van der Waals surface area contributed by atoms with Gasteiger partial charge in [0.05, 0.1) is 12.7 Å². The van der Waals surface area contributed by atoms with E-state index in [1.54, 1.807) is 4.90 Å². The zero-order chi connectivity index (χ0) is 13.2. The number of sulfonamides is 1. The minimum atomic E-state index is -3.51. The second kappa shape index (κ2) is 5.04. The molecular weight excluding hydrogens is 260 g/mol. The molecule has 0 saturated carbocycles. The third-order valence-electron chi connectivity index (χ3n) is 2.80. The van der Waals surface area contributed by atoms with Crippen LogP contribution in [0.5, 0.6) is 0 Å². The predicted octanol–water partition coefficient (Wildman–Crippen LogP) is -1.20. The molecule has 2 rings (SSSR count). The number of nitrogens with zero attached hydrogens (tertiary/aromatic N) is 3. The lowest BCUT2D eigenvalue weighted by molar-refractivity contribution is -0.138. The normalized spacial score (nSPS) is 18.9. The Morgan fingerprint density at radius 2 is 2.06 bits per heavy atom. The van der Waals surface area contributed by atoms with E-state index < -0.39 is 16.0 Å². The monoisotopic (exact) mass is 274 g/mol. The van der Waals surface area contributed by atoms with Gasteiger partial charge in [0.2, 0.25) is 10.0 Å². The van der Waals surface area contributed by atoms with Crippen LogP contribution in [0.4, 0.5) is 0 Å². The molecule has 0 radical (unpaired) electrons. The average molecular weight is 274 g/mol. The first-order valence-corrected chi connectivity index (χ1v) is 6.87. The highest BCUT2D eigenvalue weighted by Gasteiger charge is 2.29. The van der Waals surface area contributed by atoms with Gasteiger partial charge in [0.1, 0.15) is 4.90 Å². The first-order chi connectivity index (χ1) is 8.50. The number of hydrogen-bond donors (Lipinski definition) is 2. The summed E-state index contributed by atoms with van der Waals surface area (Å²) in [4.78, 5) is 12.4. The third kappa shape index (κ3) is 2.68. The van der Waals surface area contributed by atoms with Gasteiger partial charge in [-0.15, -0.1) is 0 Å². The molecule has 8 nitrogen and oxygen atoms in total. The van der Waals surface area contributed by atoms with Crippen LogP contribution in [0.25, 0.3) is 0 Å². The van der Waals surface area contributed by atoms with Gasteiger partial charge >= 0.3 is 5.97 Å². The van der Waals surface area contributed by atoms with Crippen molar-refractivity contribution in [2.75, 3.05) is 32.7 Å². The molecule has 18 heavy (non-hydrogen) atoms. The Balaban J connectivity index is 2.00. The van der Waals surface area contributed by atoms with Crippen molar-refractivity contribution >= 4 is 16.0 Å². The number of piperazine rings is 1. The topological polar surface area (TPSA) is 107 Å². The van der Waals surface area contributed by atoms with Gasteiger partial charge in [-0.3, -0.25) is 14.8 Å². The molecule has 0 unspecified atom stereocenters. The maximum absolute atomic E-state index is 12.1. The molecule has 1 aromatic heterocycles. The quantitative estimate of drug-likeness (QED) is 0.714. The van der Waals surface area contributed by atoms with Crippen LogP contribution >= 0.6 is 0 Å². The molecule has 0 spiro atoms. The first-order valence-electron chi connectivity index (χ1n) is 5.43. The van der Waals surface area contributed by atoms with E-state index in [1.807, 2.05) is 0 Å². The van der Waals surface area contributed by atoms with E-state index in [2.05, 4.69) is 10.2 Å². The van der Waals surface area contributed by atoms with Gasteiger partial charge in [-0.2, -0.15) is 9.40 Å². The number of aromatic amines is 1. The van der Waals surface area contributed by atoms with Gasteiger partial charge in [-0.1, -0.05) is 0 Å². The Morgan fingerprint density at radius 3 is 2.56 bits per heavy atom. The molecule has 1 aliphatic rings. The average Bonchev–Trinajstić information content (AvgIpc) is 2.83. The van der Waals surface area contributed by atoms with E-state index in [0.29, 0.717) is 26.2 Å². The van der Waals surface area contributed by atoms with E-state index in [4.69, 9.17) is 5.11 Å². The Labute approximate surface area is 104 Å². The van der Waals surface area contributed by atoms with E-state index in [0.717, 1.165) is 0 Å². The molecule has 0 aromatic carbocycles. The molecule has 0 bridgehead atoms. The van der Waals surface area contributed by atoms with Crippen LogP contribution < -0.4 is 0 Å². The zero-order valence-corrected chi connectivity index (χ0v) is 10.4. The van der Waals surface area contributed by atoms with Crippen molar-refractivity contribution in [2.45, 2.75) is 4.90 Å². The van der Waals surface area contributed by atoms with Gasteiger partial charge in [0.15, 0.2) is 0 Å². The third-order valence-corrected chi connectivity index (χ3v) is 4.66. The minimum Gasteiger partial charge on any atom is -0.480 e. The number of carboxylic acid groups (broad SMARTS) is 1. The Morgan fingerprint density at radius 1 is 1.39 bits per heavy atom. The van der Waals surface area contributed by atoms with Gasteiger partial charge < -0.3 is 5.11 Å². The number of aromatic nitrogens is 2. The Hall–Kier alpha value is -1.45. The van der Waals surface area contributed by atoms with E-state index in [-0.39, 0.29) is 11.4 Å². The Bertz CT molecular complexity index is 505. The van der Waals surface area contributed by atoms with Crippen molar-refractivity contribution < 1.29 is 18.3 Å². The lowest BCUT2D eigenvalue weighted by Crippen LogP contribution is -2.49. The van der Waals surface area contributed by atoms with Crippen molar-refractivity contribution in [1.82, 2.24) is 19.4 Å². The maximum atomic E-state index is 12.1. The van der Waals surface area contributed by atoms with Crippen LogP contribution in [0, 0.1) is 0 Å². The fourth-order valence-electron chi connectivity index (χ4n) is 1.85. The summed E-state index contributed by atoms with van der Waals surface area (Å²) in [5, 5.41) is 14.7.